The molecule has 2 aromatic rings. The highest BCUT2D eigenvalue weighted by atomic mass is 16.5. The zero-order valence-corrected chi connectivity index (χ0v) is 14.5. The molecule has 1 aliphatic carbocycles. The highest BCUT2D eigenvalue weighted by molar-refractivity contribution is 5.95. The van der Waals surface area contributed by atoms with Crippen LogP contribution in [-0.4, -0.2) is 51.3 Å². The van der Waals surface area contributed by atoms with Gasteiger partial charge in [-0.05, 0) is 25.7 Å². The third-order valence-electron chi connectivity index (χ3n) is 5.52. The van der Waals surface area contributed by atoms with Crippen molar-refractivity contribution in [2.75, 3.05) is 24.5 Å². The highest BCUT2D eigenvalue weighted by Gasteiger charge is 2.33. The minimum Gasteiger partial charge on any atom is -0.360 e. The molecule has 0 radical (unpaired) electrons. The summed E-state index contributed by atoms with van der Waals surface area (Å²) in [7, 11) is 0. The Kier molecular flexibility index (Phi) is 3.58. The number of nitrogens with zero attached hydrogens (tertiary/aromatic N) is 5. The molecule has 1 atom stereocenters. The van der Waals surface area contributed by atoms with E-state index in [0.717, 1.165) is 43.7 Å². The normalized spacial score (nSPS) is 23.2. The van der Waals surface area contributed by atoms with E-state index in [1.54, 1.807) is 17.2 Å². The van der Waals surface area contributed by atoms with Gasteiger partial charge in [-0.1, -0.05) is 5.16 Å². The first-order valence-corrected chi connectivity index (χ1v) is 9.29. The molecule has 136 valence electrons. The summed E-state index contributed by atoms with van der Waals surface area (Å²) in [5.41, 5.74) is 1.25. The van der Waals surface area contributed by atoms with Crippen LogP contribution in [-0.2, 0) is 4.79 Å². The lowest BCUT2D eigenvalue weighted by molar-refractivity contribution is -0.117. The lowest BCUT2D eigenvalue weighted by Crippen LogP contribution is -2.29. The molecule has 8 nitrogen and oxygen atoms in total. The van der Waals surface area contributed by atoms with Crippen LogP contribution in [0.1, 0.15) is 60.3 Å². The molecule has 1 saturated carbocycles. The fraction of sp³-hybridized carbons (Fsp3) is 0.556. The SMILES string of the molecule is O=C(c1cc(C2CC2)on1)N1CCC(n2cc(N3CCCC3=O)cn2)C1. The van der Waals surface area contributed by atoms with Gasteiger partial charge in [-0.3, -0.25) is 14.3 Å². The fourth-order valence-corrected chi connectivity index (χ4v) is 3.84. The summed E-state index contributed by atoms with van der Waals surface area (Å²) in [4.78, 5) is 28.1. The van der Waals surface area contributed by atoms with E-state index in [-0.39, 0.29) is 17.9 Å². The summed E-state index contributed by atoms with van der Waals surface area (Å²) in [5.74, 6) is 1.36. The maximum atomic E-state index is 12.7. The summed E-state index contributed by atoms with van der Waals surface area (Å²) in [5, 5.41) is 8.38. The van der Waals surface area contributed by atoms with Crippen LogP contribution in [0.15, 0.2) is 23.0 Å². The molecule has 2 saturated heterocycles. The molecule has 3 aliphatic rings. The smallest absolute Gasteiger partial charge is 0.276 e. The summed E-state index contributed by atoms with van der Waals surface area (Å²) in [6.07, 6.45) is 8.25. The standard InChI is InChI=1S/C18H21N5O3/c24-17-2-1-6-22(17)14-9-19-23(11-14)13-5-7-21(10-13)18(25)15-8-16(26-20-15)12-3-4-12/h8-9,11-13H,1-7,10H2. The minimum absolute atomic E-state index is 0.0785. The van der Waals surface area contributed by atoms with Crippen molar-refractivity contribution in [1.82, 2.24) is 19.8 Å². The monoisotopic (exact) mass is 355 g/mol. The Bertz CT molecular complexity index is 853. The number of likely N-dealkylation sites (tertiary alicyclic amines) is 1. The van der Waals surface area contributed by atoms with E-state index in [4.69, 9.17) is 4.52 Å². The van der Waals surface area contributed by atoms with Gasteiger partial charge in [0.2, 0.25) is 5.91 Å². The molecule has 2 aromatic heterocycles. The number of aromatic nitrogens is 3. The Hall–Kier alpha value is -2.64. The molecule has 2 amide bonds. The van der Waals surface area contributed by atoms with E-state index >= 15 is 0 Å². The van der Waals surface area contributed by atoms with E-state index in [1.807, 2.05) is 15.8 Å². The van der Waals surface area contributed by atoms with Crippen molar-refractivity contribution in [3.63, 3.8) is 0 Å². The number of hydrogen-bond donors (Lipinski definition) is 0. The van der Waals surface area contributed by atoms with Crippen LogP contribution >= 0.6 is 0 Å². The molecular weight excluding hydrogens is 334 g/mol. The Morgan fingerprint density at radius 2 is 2.12 bits per heavy atom. The molecule has 8 heteroatoms. The Labute approximate surface area is 150 Å². The fourth-order valence-electron chi connectivity index (χ4n) is 3.84. The number of carbonyl (C=O) groups excluding carboxylic acids is 2. The summed E-state index contributed by atoms with van der Waals surface area (Å²) in [6, 6.07) is 1.92. The Balaban J connectivity index is 1.26. The van der Waals surface area contributed by atoms with Crippen LogP contribution in [0.3, 0.4) is 0 Å². The quantitative estimate of drug-likeness (QED) is 0.837. The van der Waals surface area contributed by atoms with Gasteiger partial charge in [0.25, 0.3) is 5.91 Å². The van der Waals surface area contributed by atoms with Crippen LogP contribution in [0.5, 0.6) is 0 Å². The van der Waals surface area contributed by atoms with Crippen LogP contribution in [0.25, 0.3) is 0 Å². The zero-order valence-electron chi connectivity index (χ0n) is 14.5. The largest absolute Gasteiger partial charge is 0.360 e. The van der Waals surface area contributed by atoms with E-state index < -0.39 is 0 Å². The van der Waals surface area contributed by atoms with Crippen LogP contribution in [0, 0.1) is 0 Å². The molecule has 2 aliphatic heterocycles. The minimum atomic E-state index is -0.0785. The first kappa shape index (κ1) is 15.6. The van der Waals surface area contributed by atoms with Crippen LogP contribution in [0.2, 0.25) is 0 Å². The van der Waals surface area contributed by atoms with Gasteiger partial charge in [0.05, 0.1) is 17.9 Å². The maximum absolute atomic E-state index is 12.7. The van der Waals surface area contributed by atoms with Gasteiger partial charge in [-0.2, -0.15) is 5.10 Å². The Morgan fingerprint density at radius 1 is 1.23 bits per heavy atom. The van der Waals surface area contributed by atoms with Gasteiger partial charge in [0, 0.05) is 44.2 Å². The van der Waals surface area contributed by atoms with Gasteiger partial charge < -0.3 is 14.3 Å². The van der Waals surface area contributed by atoms with Gasteiger partial charge in [0.15, 0.2) is 5.69 Å². The molecule has 5 rings (SSSR count). The molecule has 0 N–H and O–H groups in total. The number of carbonyl (C=O) groups is 2. The van der Waals surface area contributed by atoms with E-state index in [9.17, 15) is 9.59 Å². The van der Waals surface area contributed by atoms with Crippen molar-refractivity contribution in [3.8, 4) is 0 Å². The van der Waals surface area contributed by atoms with Crippen molar-refractivity contribution in [2.24, 2.45) is 0 Å². The zero-order chi connectivity index (χ0) is 17.7. The molecule has 26 heavy (non-hydrogen) atoms. The van der Waals surface area contributed by atoms with Crippen molar-refractivity contribution in [2.45, 2.75) is 44.1 Å². The second-order valence-electron chi connectivity index (χ2n) is 7.41. The predicted molar refractivity (Wildman–Crippen MR) is 91.8 cm³/mol. The molecule has 0 spiro atoms. The first-order chi connectivity index (χ1) is 12.7. The molecular formula is C18H21N5O3. The second-order valence-corrected chi connectivity index (χ2v) is 7.41. The van der Waals surface area contributed by atoms with Gasteiger partial charge in [0.1, 0.15) is 5.76 Å². The molecule has 4 heterocycles. The third-order valence-corrected chi connectivity index (χ3v) is 5.52. The first-order valence-electron chi connectivity index (χ1n) is 9.29. The Morgan fingerprint density at radius 3 is 2.88 bits per heavy atom. The predicted octanol–water partition coefficient (Wildman–Crippen LogP) is 1.96. The van der Waals surface area contributed by atoms with Crippen LogP contribution in [0.4, 0.5) is 5.69 Å². The molecule has 0 bridgehead atoms. The lowest BCUT2D eigenvalue weighted by Gasteiger charge is -2.15. The number of hydrogen-bond acceptors (Lipinski definition) is 5. The van der Waals surface area contributed by atoms with E-state index in [0.29, 0.717) is 31.1 Å². The van der Waals surface area contributed by atoms with Crippen molar-refractivity contribution < 1.29 is 14.1 Å². The second kappa shape index (κ2) is 5.96. The molecule has 1 unspecified atom stereocenters. The van der Waals surface area contributed by atoms with E-state index in [1.165, 1.54) is 0 Å². The van der Waals surface area contributed by atoms with Crippen molar-refractivity contribution in [1.29, 1.82) is 0 Å². The topological polar surface area (TPSA) is 84.5 Å². The summed E-state index contributed by atoms with van der Waals surface area (Å²) < 4.78 is 7.18. The molecule has 3 fully saturated rings. The van der Waals surface area contributed by atoms with Gasteiger partial charge >= 0.3 is 0 Å². The third kappa shape index (κ3) is 2.69. The molecule has 0 aromatic carbocycles. The average Bonchev–Trinajstić information content (AvgIpc) is 3.14. The summed E-state index contributed by atoms with van der Waals surface area (Å²) >= 11 is 0. The number of rotatable bonds is 4. The van der Waals surface area contributed by atoms with Crippen LogP contribution < -0.4 is 4.90 Å². The average molecular weight is 355 g/mol. The van der Waals surface area contributed by atoms with Crippen molar-refractivity contribution >= 4 is 17.5 Å². The lowest BCUT2D eigenvalue weighted by atomic mass is 10.2. The van der Waals surface area contributed by atoms with Crippen molar-refractivity contribution in [3.05, 3.63) is 29.9 Å². The van der Waals surface area contributed by atoms with Gasteiger partial charge in [-0.15, -0.1) is 0 Å². The van der Waals surface area contributed by atoms with E-state index in [2.05, 4.69) is 10.3 Å². The summed E-state index contributed by atoms with van der Waals surface area (Å²) in [6.45, 7) is 2.03. The number of anilines is 1. The highest BCUT2D eigenvalue weighted by Crippen LogP contribution is 2.40. The maximum Gasteiger partial charge on any atom is 0.276 e. The van der Waals surface area contributed by atoms with Gasteiger partial charge in [-0.25, -0.2) is 0 Å². The number of amides is 2.